The highest BCUT2D eigenvalue weighted by atomic mass is 19.4. The van der Waals surface area contributed by atoms with Crippen LogP contribution >= 0.6 is 0 Å². The molecule has 0 saturated carbocycles. The number of nitrogens with one attached hydrogen (secondary N) is 2. The van der Waals surface area contributed by atoms with Gasteiger partial charge in [0.1, 0.15) is 17.5 Å². The van der Waals surface area contributed by atoms with Crippen LogP contribution in [0.4, 0.5) is 24.5 Å². The number of halogens is 3. The largest absolute Gasteiger partial charge is 0.573 e. The second kappa shape index (κ2) is 8.46. The molecule has 2 rings (SSSR count). The van der Waals surface area contributed by atoms with Crippen LogP contribution in [0.3, 0.4) is 0 Å². The molecule has 0 radical (unpaired) electrons. The number of hydrogen-bond donors (Lipinski definition) is 2. The van der Waals surface area contributed by atoms with Gasteiger partial charge in [0.25, 0.3) is 0 Å². The van der Waals surface area contributed by atoms with Crippen molar-refractivity contribution in [3.05, 3.63) is 48.5 Å². The van der Waals surface area contributed by atoms with E-state index < -0.39 is 12.4 Å². The van der Waals surface area contributed by atoms with Crippen molar-refractivity contribution in [2.75, 3.05) is 17.2 Å². The molecule has 2 aromatic rings. The fourth-order valence-corrected chi connectivity index (χ4v) is 2.12. The summed E-state index contributed by atoms with van der Waals surface area (Å²) in [6.07, 6.45) is -4.74. The number of rotatable bonds is 7. The van der Waals surface area contributed by atoms with Crippen LogP contribution < -0.4 is 20.1 Å². The Hall–Kier alpha value is -2.90. The maximum atomic E-state index is 12.2. The summed E-state index contributed by atoms with van der Waals surface area (Å²) in [6, 6.07) is 11.5. The number of benzene rings is 2. The van der Waals surface area contributed by atoms with Gasteiger partial charge in [-0.1, -0.05) is 0 Å². The van der Waals surface area contributed by atoms with E-state index in [0.29, 0.717) is 23.7 Å². The average molecular weight is 368 g/mol. The van der Waals surface area contributed by atoms with Crippen molar-refractivity contribution >= 4 is 17.3 Å². The molecule has 140 valence electrons. The molecule has 0 spiro atoms. The van der Waals surface area contributed by atoms with Crippen LogP contribution in [0.15, 0.2) is 48.5 Å². The first-order valence-corrected chi connectivity index (χ1v) is 7.93. The summed E-state index contributed by atoms with van der Waals surface area (Å²) in [5.41, 5.74) is 1.11. The summed E-state index contributed by atoms with van der Waals surface area (Å²) in [7, 11) is 0. The first kappa shape index (κ1) is 19.4. The Morgan fingerprint density at radius 2 is 1.54 bits per heavy atom. The first-order chi connectivity index (χ1) is 12.3. The van der Waals surface area contributed by atoms with Gasteiger partial charge in [-0.2, -0.15) is 0 Å². The number of anilines is 2. The molecule has 1 unspecified atom stereocenters. The van der Waals surface area contributed by atoms with Crippen molar-refractivity contribution < 1.29 is 27.4 Å². The van der Waals surface area contributed by atoms with Gasteiger partial charge in [-0.15, -0.1) is 13.2 Å². The van der Waals surface area contributed by atoms with Crippen molar-refractivity contribution in [2.45, 2.75) is 26.3 Å². The molecule has 0 aliphatic heterocycles. The molecule has 0 saturated heterocycles. The zero-order valence-corrected chi connectivity index (χ0v) is 14.3. The van der Waals surface area contributed by atoms with E-state index in [-0.39, 0.29) is 11.7 Å². The predicted molar refractivity (Wildman–Crippen MR) is 92.5 cm³/mol. The van der Waals surface area contributed by atoms with Gasteiger partial charge in [0.05, 0.1) is 6.61 Å². The fraction of sp³-hybridized carbons (Fsp3) is 0.278. The van der Waals surface area contributed by atoms with Crippen molar-refractivity contribution in [1.82, 2.24) is 0 Å². The Labute approximate surface area is 149 Å². The molecule has 5 nitrogen and oxygen atoms in total. The van der Waals surface area contributed by atoms with Gasteiger partial charge < -0.3 is 20.1 Å². The molecule has 1 atom stereocenters. The normalized spacial score (nSPS) is 12.2. The van der Waals surface area contributed by atoms with Gasteiger partial charge in [0.2, 0.25) is 5.91 Å². The van der Waals surface area contributed by atoms with Crippen LogP contribution in [0.5, 0.6) is 11.5 Å². The van der Waals surface area contributed by atoms with Crippen molar-refractivity contribution in [1.29, 1.82) is 0 Å². The third-order valence-electron chi connectivity index (χ3n) is 3.30. The van der Waals surface area contributed by atoms with Gasteiger partial charge in [0, 0.05) is 11.4 Å². The Kier molecular flexibility index (Phi) is 6.32. The maximum absolute atomic E-state index is 12.2. The Morgan fingerprint density at radius 1 is 1.00 bits per heavy atom. The molecule has 1 amide bonds. The molecule has 0 aromatic heterocycles. The van der Waals surface area contributed by atoms with Gasteiger partial charge in [-0.25, -0.2) is 0 Å². The summed E-state index contributed by atoms with van der Waals surface area (Å²) in [5, 5.41) is 5.65. The maximum Gasteiger partial charge on any atom is 0.573 e. The monoisotopic (exact) mass is 368 g/mol. The zero-order chi connectivity index (χ0) is 19.2. The van der Waals surface area contributed by atoms with E-state index in [4.69, 9.17) is 4.74 Å². The minimum absolute atomic E-state index is 0.287. The second-order valence-corrected chi connectivity index (χ2v) is 5.38. The standard InChI is InChI=1S/C18H19F3N2O3/c1-3-25-15-8-4-14(5-9-15)23-17(24)12(2)22-13-6-10-16(11-7-13)26-18(19,20)21/h4-12,22H,3H2,1-2H3,(H,23,24). The number of carbonyl (C=O) groups excluding carboxylic acids is 1. The molecular weight excluding hydrogens is 349 g/mol. The Bertz CT molecular complexity index is 716. The van der Waals surface area contributed by atoms with Crippen LogP contribution in [0.1, 0.15) is 13.8 Å². The lowest BCUT2D eigenvalue weighted by atomic mass is 10.2. The summed E-state index contributed by atoms with van der Waals surface area (Å²) in [5.74, 6) is 0.0946. The molecule has 26 heavy (non-hydrogen) atoms. The van der Waals surface area contributed by atoms with Gasteiger partial charge in [-0.3, -0.25) is 4.79 Å². The van der Waals surface area contributed by atoms with Crippen LogP contribution in [0, 0.1) is 0 Å². The fourth-order valence-electron chi connectivity index (χ4n) is 2.12. The molecule has 2 aromatic carbocycles. The van der Waals surface area contributed by atoms with Crippen molar-refractivity contribution in [2.24, 2.45) is 0 Å². The molecule has 0 heterocycles. The van der Waals surface area contributed by atoms with E-state index in [1.807, 2.05) is 6.92 Å². The van der Waals surface area contributed by atoms with Crippen molar-refractivity contribution in [3.63, 3.8) is 0 Å². The predicted octanol–water partition coefficient (Wildman–Crippen LogP) is 4.42. The van der Waals surface area contributed by atoms with E-state index in [1.165, 1.54) is 24.3 Å². The van der Waals surface area contributed by atoms with Gasteiger partial charge >= 0.3 is 6.36 Å². The van der Waals surface area contributed by atoms with E-state index in [9.17, 15) is 18.0 Å². The van der Waals surface area contributed by atoms with Crippen molar-refractivity contribution in [3.8, 4) is 11.5 Å². The molecule has 0 bridgehead atoms. The third kappa shape index (κ3) is 6.19. The highest BCUT2D eigenvalue weighted by molar-refractivity contribution is 5.96. The number of amides is 1. The van der Waals surface area contributed by atoms with E-state index in [2.05, 4.69) is 15.4 Å². The number of carbonyl (C=O) groups is 1. The zero-order valence-electron chi connectivity index (χ0n) is 14.3. The topological polar surface area (TPSA) is 59.6 Å². The van der Waals surface area contributed by atoms with E-state index in [1.54, 1.807) is 31.2 Å². The summed E-state index contributed by atoms with van der Waals surface area (Å²) in [4.78, 5) is 12.2. The van der Waals surface area contributed by atoms with Crippen LogP contribution in [-0.2, 0) is 4.79 Å². The lowest BCUT2D eigenvalue weighted by Gasteiger charge is -2.16. The first-order valence-electron chi connectivity index (χ1n) is 7.93. The lowest BCUT2D eigenvalue weighted by Crippen LogP contribution is -2.31. The van der Waals surface area contributed by atoms with E-state index >= 15 is 0 Å². The minimum atomic E-state index is -4.74. The minimum Gasteiger partial charge on any atom is -0.494 e. The highest BCUT2D eigenvalue weighted by Crippen LogP contribution is 2.24. The molecule has 0 fully saturated rings. The SMILES string of the molecule is CCOc1ccc(NC(=O)C(C)Nc2ccc(OC(F)(F)F)cc2)cc1. The van der Waals surface area contributed by atoms with Crippen LogP contribution in [-0.4, -0.2) is 24.9 Å². The van der Waals surface area contributed by atoms with Crippen LogP contribution in [0.25, 0.3) is 0 Å². The second-order valence-electron chi connectivity index (χ2n) is 5.38. The van der Waals surface area contributed by atoms with E-state index in [0.717, 1.165) is 0 Å². The molecule has 0 aliphatic carbocycles. The quantitative estimate of drug-likeness (QED) is 0.759. The Balaban J connectivity index is 1.90. The molecule has 0 aliphatic rings. The third-order valence-corrected chi connectivity index (χ3v) is 3.30. The smallest absolute Gasteiger partial charge is 0.494 e. The molecule has 2 N–H and O–H groups in total. The molecule has 8 heteroatoms. The summed E-state index contributed by atoms with van der Waals surface area (Å²) < 4.78 is 45.5. The highest BCUT2D eigenvalue weighted by Gasteiger charge is 2.31. The molecular formula is C18H19F3N2O3. The summed E-state index contributed by atoms with van der Waals surface area (Å²) in [6.45, 7) is 4.08. The van der Waals surface area contributed by atoms with Gasteiger partial charge in [-0.05, 0) is 62.4 Å². The van der Waals surface area contributed by atoms with Gasteiger partial charge in [0.15, 0.2) is 0 Å². The average Bonchev–Trinajstić information content (AvgIpc) is 2.57. The number of ether oxygens (including phenoxy) is 2. The number of alkyl halides is 3. The summed E-state index contributed by atoms with van der Waals surface area (Å²) >= 11 is 0. The van der Waals surface area contributed by atoms with Crippen LogP contribution in [0.2, 0.25) is 0 Å². The number of hydrogen-bond acceptors (Lipinski definition) is 4. The Morgan fingerprint density at radius 3 is 2.08 bits per heavy atom. The lowest BCUT2D eigenvalue weighted by molar-refractivity contribution is -0.274.